The van der Waals surface area contributed by atoms with E-state index in [1.807, 2.05) is 67.6 Å². The highest BCUT2D eigenvalue weighted by Gasteiger charge is 2.43. The largest absolute Gasteiger partial charge is 0.273 e. The van der Waals surface area contributed by atoms with Crippen LogP contribution in [0.3, 0.4) is 0 Å². The van der Waals surface area contributed by atoms with Gasteiger partial charge in [0.2, 0.25) is 5.91 Å². The van der Waals surface area contributed by atoms with Crippen LogP contribution < -0.4 is 5.43 Å². The molecule has 2 aromatic carbocycles. The third kappa shape index (κ3) is 4.16. The maximum absolute atomic E-state index is 12.1. The van der Waals surface area contributed by atoms with Crippen molar-refractivity contribution < 1.29 is 4.79 Å². The molecule has 1 aliphatic rings. The molecule has 2 atom stereocenters. The minimum Gasteiger partial charge on any atom is -0.273 e. The lowest BCUT2D eigenvalue weighted by Crippen LogP contribution is -2.21. The summed E-state index contributed by atoms with van der Waals surface area (Å²) < 4.78 is 0. The zero-order valence-corrected chi connectivity index (χ0v) is 13.1. The van der Waals surface area contributed by atoms with Gasteiger partial charge in [-0.25, -0.2) is 5.43 Å². The number of nitrogens with zero attached hydrogens (tertiary/aromatic N) is 1. The number of hydrazone groups is 1. The number of carbonyl (C=O) groups is 1. The molecule has 0 heterocycles. The lowest BCUT2D eigenvalue weighted by atomic mass is 10.1. The summed E-state index contributed by atoms with van der Waals surface area (Å²) in [7, 11) is 0. The SMILES string of the molecule is CC(/C=C/c1ccccc1)=N/NC(=O)[C@H]1C[C@@H]1c1ccccc1. The summed E-state index contributed by atoms with van der Waals surface area (Å²) in [4.78, 5) is 12.1. The predicted octanol–water partition coefficient (Wildman–Crippen LogP) is 4.00. The van der Waals surface area contributed by atoms with Crippen LogP contribution in [0.4, 0.5) is 0 Å². The normalized spacial score (nSPS) is 20.5. The first-order valence-corrected chi connectivity index (χ1v) is 7.86. The fourth-order valence-electron chi connectivity index (χ4n) is 2.60. The number of rotatable bonds is 5. The second-order valence-electron chi connectivity index (χ2n) is 5.83. The molecule has 0 aliphatic heterocycles. The first-order chi connectivity index (χ1) is 11.2. The molecule has 0 unspecified atom stereocenters. The molecule has 3 nitrogen and oxygen atoms in total. The molecule has 1 saturated carbocycles. The number of nitrogens with one attached hydrogen (secondary N) is 1. The number of benzene rings is 2. The van der Waals surface area contributed by atoms with E-state index >= 15 is 0 Å². The van der Waals surface area contributed by atoms with E-state index in [0.29, 0.717) is 5.92 Å². The van der Waals surface area contributed by atoms with Gasteiger partial charge in [-0.3, -0.25) is 4.79 Å². The molecular formula is C20H20N2O. The van der Waals surface area contributed by atoms with E-state index in [1.54, 1.807) is 0 Å². The van der Waals surface area contributed by atoms with Crippen LogP contribution in [0.15, 0.2) is 71.8 Å². The molecule has 3 heteroatoms. The molecule has 0 aromatic heterocycles. The van der Waals surface area contributed by atoms with Crippen LogP contribution in [0.1, 0.15) is 30.4 Å². The van der Waals surface area contributed by atoms with Crippen LogP contribution in [-0.4, -0.2) is 11.6 Å². The highest BCUT2D eigenvalue weighted by atomic mass is 16.2. The Labute approximate surface area is 136 Å². The van der Waals surface area contributed by atoms with Gasteiger partial charge in [0.15, 0.2) is 0 Å². The molecule has 0 spiro atoms. The molecule has 3 rings (SSSR count). The fraction of sp³-hybridized carbons (Fsp3) is 0.200. The van der Waals surface area contributed by atoms with Crippen molar-refractivity contribution in [3.05, 3.63) is 77.9 Å². The average Bonchev–Trinajstić information content (AvgIpc) is 3.40. The Morgan fingerprint density at radius 2 is 1.74 bits per heavy atom. The lowest BCUT2D eigenvalue weighted by Gasteiger charge is -2.01. The Morgan fingerprint density at radius 3 is 2.43 bits per heavy atom. The Hall–Kier alpha value is -2.68. The van der Waals surface area contributed by atoms with Gasteiger partial charge in [0.05, 0.1) is 5.71 Å². The number of allylic oxidation sites excluding steroid dienone is 1. The minimum absolute atomic E-state index is 0.00585. The van der Waals surface area contributed by atoms with Crippen LogP contribution in [0.2, 0.25) is 0 Å². The molecule has 1 fully saturated rings. The third-order valence-corrected chi connectivity index (χ3v) is 4.01. The topological polar surface area (TPSA) is 41.5 Å². The number of hydrogen-bond acceptors (Lipinski definition) is 2. The quantitative estimate of drug-likeness (QED) is 0.658. The van der Waals surface area contributed by atoms with Gasteiger partial charge < -0.3 is 0 Å². The van der Waals surface area contributed by atoms with Gasteiger partial charge in [0, 0.05) is 5.92 Å². The Kier molecular flexibility index (Phi) is 4.67. The second kappa shape index (κ2) is 7.05. The predicted molar refractivity (Wildman–Crippen MR) is 94.0 cm³/mol. The maximum atomic E-state index is 12.1. The van der Waals surface area contributed by atoms with Gasteiger partial charge in [-0.2, -0.15) is 5.10 Å². The number of carbonyl (C=O) groups excluding carboxylic acids is 1. The summed E-state index contributed by atoms with van der Waals surface area (Å²) in [6.45, 7) is 1.88. The number of hydrogen-bond donors (Lipinski definition) is 1. The molecule has 1 N–H and O–H groups in total. The van der Waals surface area contributed by atoms with Crippen LogP contribution in [0.25, 0.3) is 6.08 Å². The van der Waals surface area contributed by atoms with E-state index in [1.165, 1.54) is 5.56 Å². The van der Waals surface area contributed by atoms with Crippen LogP contribution >= 0.6 is 0 Å². The van der Waals surface area contributed by atoms with Crippen molar-refractivity contribution in [2.24, 2.45) is 11.0 Å². The van der Waals surface area contributed by atoms with Crippen molar-refractivity contribution >= 4 is 17.7 Å². The summed E-state index contributed by atoms with van der Waals surface area (Å²) >= 11 is 0. The molecule has 0 saturated heterocycles. The van der Waals surface area contributed by atoms with E-state index in [4.69, 9.17) is 0 Å². The first-order valence-electron chi connectivity index (χ1n) is 7.86. The van der Waals surface area contributed by atoms with E-state index in [0.717, 1.165) is 17.7 Å². The molecule has 0 radical (unpaired) electrons. The monoisotopic (exact) mass is 304 g/mol. The van der Waals surface area contributed by atoms with Gasteiger partial charge in [0.25, 0.3) is 0 Å². The van der Waals surface area contributed by atoms with Crippen molar-refractivity contribution in [1.29, 1.82) is 0 Å². The van der Waals surface area contributed by atoms with Crippen LogP contribution in [0.5, 0.6) is 0 Å². The van der Waals surface area contributed by atoms with Crippen molar-refractivity contribution in [1.82, 2.24) is 5.43 Å². The van der Waals surface area contributed by atoms with E-state index in [-0.39, 0.29) is 11.8 Å². The second-order valence-corrected chi connectivity index (χ2v) is 5.83. The fourth-order valence-corrected chi connectivity index (χ4v) is 2.60. The molecule has 116 valence electrons. The van der Waals surface area contributed by atoms with Gasteiger partial charge in [0.1, 0.15) is 0 Å². The zero-order valence-electron chi connectivity index (χ0n) is 13.1. The maximum Gasteiger partial charge on any atom is 0.243 e. The van der Waals surface area contributed by atoms with Crippen LogP contribution in [-0.2, 0) is 4.79 Å². The molecule has 1 amide bonds. The van der Waals surface area contributed by atoms with Crippen molar-refractivity contribution in [2.45, 2.75) is 19.3 Å². The van der Waals surface area contributed by atoms with Crippen molar-refractivity contribution in [3.63, 3.8) is 0 Å². The highest BCUT2D eigenvalue weighted by molar-refractivity contribution is 5.97. The summed E-state index contributed by atoms with van der Waals surface area (Å²) in [5, 5.41) is 4.16. The Morgan fingerprint density at radius 1 is 1.09 bits per heavy atom. The smallest absolute Gasteiger partial charge is 0.243 e. The van der Waals surface area contributed by atoms with Gasteiger partial charge in [-0.05, 0) is 36.5 Å². The minimum atomic E-state index is 0.00585. The average molecular weight is 304 g/mol. The molecular weight excluding hydrogens is 284 g/mol. The summed E-state index contributed by atoms with van der Waals surface area (Å²) in [6, 6.07) is 20.2. The molecule has 23 heavy (non-hydrogen) atoms. The Balaban J connectivity index is 1.52. The highest BCUT2D eigenvalue weighted by Crippen LogP contribution is 2.47. The van der Waals surface area contributed by atoms with Gasteiger partial charge >= 0.3 is 0 Å². The standard InChI is InChI=1S/C20H20N2O/c1-15(12-13-16-8-4-2-5-9-16)21-22-20(23)19-14-18(19)17-10-6-3-7-11-17/h2-13,18-19H,14H2,1H3,(H,22,23)/b13-12+,21-15-/t18-,19+/m1/s1. The Bertz CT molecular complexity index is 720. The van der Waals surface area contributed by atoms with Crippen LogP contribution in [0, 0.1) is 5.92 Å². The van der Waals surface area contributed by atoms with Crippen molar-refractivity contribution in [2.75, 3.05) is 0 Å². The van der Waals surface area contributed by atoms with Crippen molar-refractivity contribution in [3.8, 4) is 0 Å². The van der Waals surface area contributed by atoms with E-state index < -0.39 is 0 Å². The molecule has 1 aliphatic carbocycles. The summed E-state index contributed by atoms with van der Waals surface area (Å²) in [6.07, 6.45) is 4.79. The summed E-state index contributed by atoms with van der Waals surface area (Å²) in [5.74, 6) is 0.393. The lowest BCUT2D eigenvalue weighted by molar-refractivity contribution is -0.122. The van der Waals surface area contributed by atoms with E-state index in [9.17, 15) is 4.79 Å². The van der Waals surface area contributed by atoms with Gasteiger partial charge in [-0.15, -0.1) is 0 Å². The summed E-state index contributed by atoms with van der Waals surface area (Å²) in [5.41, 5.74) is 5.80. The molecule has 0 bridgehead atoms. The van der Waals surface area contributed by atoms with E-state index in [2.05, 4.69) is 22.7 Å². The third-order valence-electron chi connectivity index (χ3n) is 4.01. The van der Waals surface area contributed by atoms with Gasteiger partial charge in [-0.1, -0.05) is 66.7 Å². The molecule has 2 aromatic rings. The first kappa shape index (κ1) is 15.2. The zero-order chi connectivity index (χ0) is 16.1. The number of amides is 1.